The van der Waals surface area contributed by atoms with E-state index in [1.165, 1.54) is 49.9 Å². The van der Waals surface area contributed by atoms with Crippen LogP contribution in [0.2, 0.25) is 0 Å². The second-order valence-corrected chi connectivity index (χ2v) is 12.1. The summed E-state index contributed by atoms with van der Waals surface area (Å²) in [7, 11) is 0. The number of unbranched alkanes of at least 4 members (excludes halogenated alkanes) is 4. The van der Waals surface area contributed by atoms with Crippen molar-refractivity contribution >= 4 is 28.9 Å². The van der Waals surface area contributed by atoms with Crippen LogP contribution in [0.4, 0.5) is 0 Å². The fraction of sp³-hybridized carbons (Fsp3) is 1.00. The summed E-state index contributed by atoms with van der Waals surface area (Å²) in [5.74, 6) is 0. The van der Waals surface area contributed by atoms with Crippen LogP contribution in [0, 0.1) is 0 Å². The third-order valence-electron chi connectivity index (χ3n) is 3.73. The van der Waals surface area contributed by atoms with Gasteiger partial charge in [0.1, 0.15) is 0 Å². The van der Waals surface area contributed by atoms with Crippen LogP contribution >= 0.6 is 17.1 Å². The molecule has 0 spiro atoms. The number of hydrogen-bond donors (Lipinski definition) is 1. The summed E-state index contributed by atoms with van der Waals surface area (Å²) in [6, 6.07) is 0. The molecule has 5 heteroatoms. The molecule has 3 atom stereocenters. The van der Waals surface area contributed by atoms with Crippen molar-refractivity contribution in [3.63, 3.8) is 0 Å². The highest BCUT2D eigenvalue weighted by Crippen LogP contribution is 2.60. The van der Waals surface area contributed by atoms with Crippen molar-refractivity contribution in [2.75, 3.05) is 0 Å². The highest BCUT2D eigenvalue weighted by molar-refractivity contribution is 8.67. The predicted octanol–water partition coefficient (Wildman–Crippen LogP) is 6.67. The zero-order valence-electron chi connectivity index (χ0n) is 14.3. The molecule has 21 heavy (non-hydrogen) atoms. The van der Waals surface area contributed by atoms with E-state index in [1.54, 1.807) is 0 Å². The molecule has 2 nitrogen and oxygen atoms in total. The number of rotatable bonds is 14. The molecule has 1 N–H and O–H groups in total. The lowest BCUT2D eigenvalue weighted by Crippen LogP contribution is -2.10. The van der Waals surface area contributed by atoms with Crippen molar-refractivity contribution < 1.29 is 9.42 Å². The van der Waals surface area contributed by atoms with Gasteiger partial charge < -0.3 is 9.42 Å². The van der Waals surface area contributed by atoms with E-state index in [0.717, 1.165) is 25.7 Å². The molecule has 0 saturated heterocycles. The Morgan fingerprint density at radius 1 is 0.952 bits per heavy atom. The predicted molar refractivity (Wildman–Crippen MR) is 102 cm³/mol. The van der Waals surface area contributed by atoms with Crippen molar-refractivity contribution in [3.05, 3.63) is 0 Å². The molecule has 0 fully saturated rings. The van der Waals surface area contributed by atoms with Gasteiger partial charge in [0, 0.05) is 5.25 Å². The first-order chi connectivity index (χ1) is 9.99. The van der Waals surface area contributed by atoms with Gasteiger partial charge in [0.2, 0.25) is 5.69 Å². The third kappa shape index (κ3) is 12.1. The lowest BCUT2D eigenvalue weighted by molar-refractivity contribution is 0.189. The zero-order chi connectivity index (χ0) is 16.1. The second-order valence-electron chi connectivity index (χ2n) is 5.73. The van der Waals surface area contributed by atoms with Gasteiger partial charge >= 0.3 is 0 Å². The summed E-state index contributed by atoms with van der Waals surface area (Å²) < 4.78 is 5.92. The van der Waals surface area contributed by atoms with Crippen molar-refractivity contribution in [1.82, 2.24) is 0 Å². The Labute approximate surface area is 141 Å². The monoisotopic (exact) mass is 354 g/mol. The first-order valence-corrected chi connectivity index (χ1v) is 12.8. The summed E-state index contributed by atoms with van der Waals surface area (Å²) >= 11 is 6.93. The maximum atomic E-state index is 10.5. The summed E-state index contributed by atoms with van der Waals surface area (Å²) in [6.07, 6.45) is 11.6. The van der Waals surface area contributed by atoms with Crippen LogP contribution in [-0.2, 0) is 16.3 Å². The largest absolute Gasteiger partial charge is 0.337 e. The molecule has 128 valence electrons. The van der Waals surface area contributed by atoms with Crippen molar-refractivity contribution in [2.24, 2.45) is 0 Å². The van der Waals surface area contributed by atoms with E-state index in [-0.39, 0.29) is 6.10 Å². The molecule has 0 radical (unpaired) electrons. The standard InChI is InChI=1S/C16H35O2PS2/c1-5-9-11-13-15(7-3)18-19(17,20)21-16(8-4)14-12-10-6-2/h15-16H,5-14H2,1-4H3,(H,17,20). The molecular weight excluding hydrogens is 319 g/mol. The third-order valence-corrected chi connectivity index (χ3v) is 8.42. The van der Waals surface area contributed by atoms with Crippen molar-refractivity contribution in [1.29, 1.82) is 0 Å². The Morgan fingerprint density at radius 3 is 2.00 bits per heavy atom. The fourth-order valence-electron chi connectivity index (χ4n) is 2.31. The molecular formula is C16H35O2PS2. The van der Waals surface area contributed by atoms with Gasteiger partial charge in [-0.3, -0.25) is 0 Å². The molecule has 3 unspecified atom stereocenters. The molecule has 0 aromatic heterocycles. The second kappa shape index (κ2) is 13.4. The van der Waals surface area contributed by atoms with Crippen molar-refractivity contribution in [3.8, 4) is 0 Å². The van der Waals surface area contributed by atoms with Gasteiger partial charge in [-0.2, -0.15) is 0 Å². The maximum absolute atomic E-state index is 10.5. The Morgan fingerprint density at radius 2 is 1.52 bits per heavy atom. The van der Waals surface area contributed by atoms with Gasteiger partial charge in [-0.05, 0) is 37.5 Å². The Balaban J connectivity index is 4.25. The van der Waals surface area contributed by atoms with Gasteiger partial charge in [-0.15, -0.1) is 0 Å². The van der Waals surface area contributed by atoms with E-state index in [4.69, 9.17) is 16.3 Å². The van der Waals surface area contributed by atoms with Crippen LogP contribution in [0.5, 0.6) is 0 Å². The summed E-state index contributed by atoms with van der Waals surface area (Å²) in [4.78, 5) is 10.5. The molecule has 0 bridgehead atoms. The maximum Gasteiger partial charge on any atom is 0.245 e. The molecule has 0 aromatic carbocycles. The minimum absolute atomic E-state index is 0.132. The summed E-state index contributed by atoms with van der Waals surface area (Å²) in [5.41, 5.74) is -2.69. The minimum Gasteiger partial charge on any atom is -0.337 e. The lowest BCUT2D eigenvalue weighted by Gasteiger charge is -2.25. The SMILES string of the molecule is CCCCCC(CC)OP(O)(=S)SC(CC)CCCCC. The first-order valence-electron chi connectivity index (χ1n) is 8.68. The average Bonchev–Trinajstić information content (AvgIpc) is 2.45. The van der Waals surface area contributed by atoms with Crippen molar-refractivity contribution in [2.45, 2.75) is 103 Å². The van der Waals surface area contributed by atoms with Gasteiger partial charge in [-0.25, -0.2) is 0 Å². The van der Waals surface area contributed by atoms with E-state index < -0.39 is 5.69 Å². The molecule has 0 aliphatic carbocycles. The topological polar surface area (TPSA) is 29.5 Å². The van der Waals surface area contributed by atoms with Gasteiger partial charge in [0.15, 0.2) is 0 Å². The average molecular weight is 355 g/mol. The minimum atomic E-state index is -2.69. The van der Waals surface area contributed by atoms with Crippen LogP contribution in [-0.4, -0.2) is 16.2 Å². The molecule has 0 rings (SSSR count). The van der Waals surface area contributed by atoms with Crippen LogP contribution in [0.1, 0.15) is 91.9 Å². The van der Waals surface area contributed by atoms with Crippen LogP contribution < -0.4 is 0 Å². The molecule has 0 heterocycles. The smallest absolute Gasteiger partial charge is 0.245 e. The normalized spacial score (nSPS) is 17.4. The zero-order valence-corrected chi connectivity index (χ0v) is 16.9. The molecule has 0 aromatic rings. The summed E-state index contributed by atoms with van der Waals surface area (Å²) in [6.45, 7) is 8.72. The molecule has 0 aliphatic heterocycles. The van der Waals surface area contributed by atoms with Gasteiger partial charge in [-0.1, -0.05) is 77.6 Å². The Hall–Kier alpha value is 0.920. The van der Waals surface area contributed by atoms with E-state index in [0.29, 0.717) is 5.25 Å². The molecule has 0 amide bonds. The first kappa shape index (κ1) is 21.9. The molecule has 0 aliphatic rings. The Bertz CT molecular complexity index is 263. The lowest BCUT2D eigenvalue weighted by atomic mass is 10.1. The van der Waals surface area contributed by atoms with Crippen LogP contribution in [0.25, 0.3) is 0 Å². The van der Waals surface area contributed by atoms with Crippen LogP contribution in [0.15, 0.2) is 0 Å². The highest BCUT2D eigenvalue weighted by Gasteiger charge is 2.24. The Kier molecular flexibility index (Phi) is 14.0. The van der Waals surface area contributed by atoms with Gasteiger partial charge in [0.25, 0.3) is 0 Å². The molecule has 0 saturated carbocycles. The van der Waals surface area contributed by atoms with E-state index >= 15 is 0 Å². The van der Waals surface area contributed by atoms with Gasteiger partial charge in [0.05, 0.1) is 6.10 Å². The summed E-state index contributed by atoms with van der Waals surface area (Å²) in [5, 5.41) is 0.445. The van der Waals surface area contributed by atoms with E-state index in [1.807, 2.05) is 0 Å². The van der Waals surface area contributed by atoms with E-state index in [2.05, 4.69) is 27.7 Å². The number of hydrogen-bond acceptors (Lipinski definition) is 3. The van der Waals surface area contributed by atoms with E-state index in [9.17, 15) is 4.89 Å². The van der Waals surface area contributed by atoms with Crippen LogP contribution in [0.3, 0.4) is 0 Å². The quantitative estimate of drug-likeness (QED) is 0.278. The highest BCUT2D eigenvalue weighted by atomic mass is 32.9. The fourth-order valence-corrected chi connectivity index (χ4v) is 7.66.